The second kappa shape index (κ2) is 4.56. The molecule has 0 saturated heterocycles. The number of amides is 1. The lowest BCUT2D eigenvalue weighted by Crippen LogP contribution is -2.18. The summed E-state index contributed by atoms with van der Waals surface area (Å²) >= 11 is 0. The predicted octanol–water partition coefficient (Wildman–Crippen LogP) is 0.260. The van der Waals surface area contributed by atoms with Gasteiger partial charge < -0.3 is 5.32 Å². The summed E-state index contributed by atoms with van der Waals surface area (Å²) in [5, 5.41) is 16.3. The fourth-order valence-corrected chi connectivity index (χ4v) is 1.81. The number of nitrogens with zero attached hydrogens (tertiary/aromatic N) is 4. The molecule has 0 bridgehead atoms. The first-order chi connectivity index (χ1) is 8.72. The third kappa shape index (κ3) is 1.66. The number of hydrogen-bond donors (Lipinski definition) is 1. The molecule has 2 aromatic rings. The van der Waals surface area contributed by atoms with Gasteiger partial charge in [0, 0.05) is 24.2 Å². The highest BCUT2D eigenvalue weighted by molar-refractivity contribution is 5.88. The van der Waals surface area contributed by atoms with E-state index in [4.69, 9.17) is 11.7 Å². The van der Waals surface area contributed by atoms with Crippen LogP contribution in [0.4, 0.5) is 0 Å². The van der Waals surface area contributed by atoms with Gasteiger partial charge in [0.05, 0.1) is 17.8 Å². The fraction of sp³-hybridized carbons (Fsp3) is 0.167. The number of terminal acetylenes is 1. The molecule has 6 heteroatoms. The van der Waals surface area contributed by atoms with Crippen molar-refractivity contribution in [3.05, 3.63) is 23.7 Å². The quantitative estimate of drug-likeness (QED) is 0.615. The van der Waals surface area contributed by atoms with Gasteiger partial charge in [-0.05, 0) is 5.92 Å². The van der Waals surface area contributed by atoms with E-state index in [0.29, 0.717) is 28.6 Å². The summed E-state index contributed by atoms with van der Waals surface area (Å²) in [5.74, 6) is 2.47. The fourth-order valence-electron chi connectivity index (χ4n) is 1.81. The van der Waals surface area contributed by atoms with Crippen molar-refractivity contribution >= 4 is 17.3 Å². The zero-order valence-electron chi connectivity index (χ0n) is 9.58. The van der Waals surface area contributed by atoms with Crippen LogP contribution < -0.4 is 5.32 Å². The van der Waals surface area contributed by atoms with E-state index in [-0.39, 0.29) is 0 Å². The Morgan fingerprint density at radius 3 is 3.00 bits per heavy atom. The Morgan fingerprint density at radius 2 is 2.39 bits per heavy atom. The molecule has 0 aliphatic rings. The van der Waals surface area contributed by atoms with Gasteiger partial charge in [0.15, 0.2) is 0 Å². The largest absolute Gasteiger partial charge is 0.339 e. The molecule has 0 spiro atoms. The second-order valence-electron chi connectivity index (χ2n) is 3.59. The molecule has 2 rings (SSSR count). The molecule has 2 heterocycles. The summed E-state index contributed by atoms with van der Waals surface area (Å²) in [5.41, 5.74) is 1.69. The van der Waals surface area contributed by atoms with Gasteiger partial charge in [0.25, 0.3) is 0 Å². The number of rotatable bonds is 3. The summed E-state index contributed by atoms with van der Waals surface area (Å²) < 4.78 is 1.59. The molecule has 1 atom stereocenters. The Kier molecular flexibility index (Phi) is 2.94. The van der Waals surface area contributed by atoms with Crippen LogP contribution in [-0.4, -0.2) is 21.2 Å². The van der Waals surface area contributed by atoms with Crippen molar-refractivity contribution < 1.29 is 4.79 Å². The van der Waals surface area contributed by atoms with Crippen LogP contribution in [0.15, 0.2) is 12.4 Å². The van der Waals surface area contributed by atoms with Gasteiger partial charge in [-0.25, -0.2) is 0 Å². The Bertz CT molecular complexity index is 689. The van der Waals surface area contributed by atoms with Crippen LogP contribution in [-0.2, 0) is 11.8 Å². The first-order valence-electron chi connectivity index (χ1n) is 5.09. The minimum atomic E-state index is -0.796. The molecule has 0 saturated carbocycles. The Morgan fingerprint density at radius 1 is 1.61 bits per heavy atom. The van der Waals surface area contributed by atoms with Crippen molar-refractivity contribution in [3.8, 4) is 18.4 Å². The van der Waals surface area contributed by atoms with E-state index in [9.17, 15) is 4.79 Å². The van der Waals surface area contributed by atoms with Gasteiger partial charge in [-0.2, -0.15) is 10.4 Å². The molecule has 18 heavy (non-hydrogen) atoms. The lowest BCUT2D eigenvalue weighted by atomic mass is 10.0. The third-order valence-electron chi connectivity index (χ3n) is 2.60. The lowest BCUT2D eigenvalue weighted by molar-refractivity contribution is -0.109. The summed E-state index contributed by atoms with van der Waals surface area (Å²) in [6.07, 6.45) is 8.99. The minimum absolute atomic E-state index is 0.429. The van der Waals surface area contributed by atoms with E-state index in [1.165, 1.54) is 6.20 Å². The van der Waals surface area contributed by atoms with Crippen molar-refractivity contribution in [1.82, 2.24) is 20.1 Å². The van der Waals surface area contributed by atoms with Gasteiger partial charge >= 0.3 is 0 Å². The number of fused-ring (bicyclic) bond motifs is 1. The third-order valence-corrected chi connectivity index (χ3v) is 2.60. The van der Waals surface area contributed by atoms with Gasteiger partial charge in [-0.1, -0.05) is 0 Å². The normalized spacial score (nSPS) is 11.5. The van der Waals surface area contributed by atoms with E-state index in [1.807, 2.05) is 6.07 Å². The number of nitrogens with one attached hydrogen (secondary N) is 1. The number of aromatic nitrogens is 3. The highest BCUT2D eigenvalue weighted by Crippen LogP contribution is 2.25. The Hall–Kier alpha value is -2.86. The van der Waals surface area contributed by atoms with Crippen LogP contribution in [0.3, 0.4) is 0 Å². The monoisotopic (exact) mass is 239 g/mol. The SMILES string of the molecule is C#Cc1nn(C)c2cncc(C(C#N)NC=O)c12. The number of nitriles is 1. The zero-order valence-corrected chi connectivity index (χ0v) is 9.58. The standard InChI is InChI=1S/C12H9N5O/c1-3-9-12-8(10(4-13)15-7-18)5-14-6-11(12)17(2)16-9/h1,5-7,10H,2H3,(H,15,18). The number of carbonyl (C=O) groups excluding carboxylic acids is 1. The maximum Gasteiger partial charge on any atom is 0.208 e. The Balaban J connectivity index is 2.76. The van der Waals surface area contributed by atoms with E-state index < -0.39 is 6.04 Å². The first-order valence-corrected chi connectivity index (χ1v) is 5.09. The van der Waals surface area contributed by atoms with Crippen LogP contribution in [0, 0.1) is 23.7 Å². The predicted molar refractivity (Wildman–Crippen MR) is 64.0 cm³/mol. The average molecular weight is 239 g/mol. The van der Waals surface area contributed by atoms with Gasteiger partial charge in [-0.15, -0.1) is 6.42 Å². The van der Waals surface area contributed by atoms with Crippen LogP contribution in [0.5, 0.6) is 0 Å². The molecule has 88 valence electrons. The van der Waals surface area contributed by atoms with Crippen LogP contribution >= 0.6 is 0 Å². The summed E-state index contributed by atoms with van der Waals surface area (Å²) in [4.78, 5) is 14.5. The topological polar surface area (TPSA) is 83.6 Å². The van der Waals surface area contributed by atoms with E-state index in [1.54, 1.807) is 17.9 Å². The van der Waals surface area contributed by atoms with Gasteiger partial charge in [0.1, 0.15) is 11.7 Å². The van der Waals surface area contributed by atoms with Gasteiger partial charge in [0.2, 0.25) is 6.41 Å². The van der Waals surface area contributed by atoms with E-state index >= 15 is 0 Å². The first kappa shape index (κ1) is 11.6. The van der Waals surface area contributed by atoms with E-state index in [2.05, 4.69) is 21.3 Å². The molecular formula is C12H9N5O. The lowest BCUT2D eigenvalue weighted by Gasteiger charge is -2.08. The minimum Gasteiger partial charge on any atom is -0.339 e. The molecule has 2 aromatic heterocycles. The smallest absolute Gasteiger partial charge is 0.208 e. The molecule has 1 N–H and O–H groups in total. The Labute approximate surface area is 103 Å². The molecule has 0 aliphatic heterocycles. The molecule has 1 amide bonds. The average Bonchev–Trinajstić information content (AvgIpc) is 2.73. The number of pyridine rings is 1. The summed E-state index contributed by atoms with van der Waals surface area (Å²) in [6, 6.07) is 1.19. The molecular weight excluding hydrogens is 230 g/mol. The molecule has 1 unspecified atom stereocenters. The maximum absolute atomic E-state index is 10.5. The molecule has 0 fully saturated rings. The van der Waals surface area contributed by atoms with Crippen LogP contribution in [0.2, 0.25) is 0 Å². The number of aryl methyl sites for hydroxylation is 1. The van der Waals surface area contributed by atoms with Gasteiger partial charge in [-0.3, -0.25) is 14.5 Å². The number of carbonyl (C=O) groups is 1. The van der Waals surface area contributed by atoms with Crippen LogP contribution in [0.25, 0.3) is 10.9 Å². The number of hydrogen-bond acceptors (Lipinski definition) is 4. The molecule has 0 radical (unpaired) electrons. The zero-order chi connectivity index (χ0) is 13.1. The van der Waals surface area contributed by atoms with Crippen molar-refractivity contribution in [3.63, 3.8) is 0 Å². The summed E-state index contributed by atoms with van der Waals surface area (Å²) in [6.45, 7) is 0. The molecule has 0 aromatic carbocycles. The highest BCUT2D eigenvalue weighted by Gasteiger charge is 2.18. The second-order valence-corrected chi connectivity index (χ2v) is 3.59. The van der Waals surface area contributed by atoms with E-state index in [0.717, 1.165) is 0 Å². The van der Waals surface area contributed by atoms with Crippen molar-refractivity contribution in [1.29, 1.82) is 5.26 Å². The molecule has 0 aliphatic carbocycles. The van der Waals surface area contributed by atoms with Crippen molar-refractivity contribution in [2.24, 2.45) is 7.05 Å². The van der Waals surface area contributed by atoms with Crippen LogP contribution in [0.1, 0.15) is 17.3 Å². The van der Waals surface area contributed by atoms with Crippen molar-refractivity contribution in [2.75, 3.05) is 0 Å². The summed E-state index contributed by atoms with van der Waals surface area (Å²) in [7, 11) is 1.74. The molecule has 6 nitrogen and oxygen atoms in total. The maximum atomic E-state index is 10.5. The highest BCUT2D eigenvalue weighted by atomic mass is 16.1. The van der Waals surface area contributed by atoms with Crippen molar-refractivity contribution in [2.45, 2.75) is 6.04 Å².